The Morgan fingerprint density at radius 2 is 1.94 bits per heavy atom. The largest absolute Gasteiger partial charge is 0.464 e. The first-order chi connectivity index (χ1) is 7.72. The van der Waals surface area contributed by atoms with E-state index in [2.05, 4.69) is 30.7 Å². The van der Waals surface area contributed by atoms with Crippen LogP contribution < -0.4 is 0 Å². The molecule has 0 aliphatic carbocycles. The molecule has 0 radical (unpaired) electrons. The first kappa shape index (κ1) is 12.7. The van der Waals surface area contributed by atoms with Gasteiger partial charge in [0, 0.05) is 10.9 Å². The number of esters is 1. The molecule has 0 amide bonds. The number of rotatable bonds is 4. The van der Waals surface area contributed by atoms with Crippen LogP contribution in [0.3, 0.4) is 0 Å². The minimum absolute atomic E-state index is 0.158. The zero-order chi connectivity index (χ0) is 12.0. The molecule has 1 aromatic carbocycles. The number of ether oxygens (including phenoxy) is 1. The maximum absolute atomic E-state index is 11.4. The quantitative estimate of drug-likeness (QED) is 0.368. The molecule has 0 atom stereocenters. The number of methoxy groups -OCH3 is 1. The molecule has 0 aliphatic heterocycles. The molecule has 0 aliphatic rings. The molecule has 0 unspecified atom stereocenters. The summed E-state index contributed by atoms with van der Waals surface area (Å²) in [6, 6.07) is 7.40. The highest BCUT2D eigenvalue weighted by Crippen LogP contribution is 2.09. The van der Waals surface area contributed by atoms with Crippen LogP contribution in [0.2, 0.25) is 0 Å². The van der Waals surface area contributed by atoms with Gasteiger partial charge >= 0.3 is 5.97 Å². The predicted octanol–water partition coefficient (Wildman–Crippen LogP) is 2.11. The van der Waals surface area contributed by atoms with Gasteiger partial charge in [-0.1, -0.05) is 45.4 Å². The van der Waals surface area contributed by atoms with Gasteiger partial charge in [-0.15, -0.1) is 0 Å². The third-order valence-electron chi connectivity index (χ3n) is 1.94. The molecule has 0 fully saturated rings. The van der Waals surface area contributed by atoms with Crippen molar-refractivity contribution in [2.24, 2.45) is 5.16 Å². The minimum Gasteiger partial charge on any atom is -0.464 e. The van der Waals surface area contributed by atoms with Gasteiger partial charge in [-0.3, -0.25) is 0 Å². The first-order valence-electron chi connectivity index (χ1n) is 4.57. The summed E-state index contributed by atoms with van der Waals surface area (Å²) in [5, 5.41) is 4.42. The number of halogens is 1. The van der Waals surface area contributed by atoms with Gasteiger partial charge in [-0.2, -0.15) is 0 Å². The number of hydrogen-bond donors (Lipinski definition) is 0. The fourth-order valence-electron chi connectivity index (χ4n) is 1.15. The standard InChI is InChI=1S/C11H12BrNO3/c1-15-11(14)10(13-16-2)9-5-3-8(7-12)4-6-9/h3-6H,7H2,1-2H3/b13-10+. The van der Waals surface area contributed by atoms with Crippen molar-refractivity contribution in [3.05, 3.63) is 35.4 Å². The summed E-state index contributed by atoms with van der Waals surface area (Å²) >= 11 is 3.35. The number of nitrogens with zero attached hydrogens (tertiary/aromatic N) is 1. The minimum atomic E-state index is -0.520. The van der Waals surface area contributed by atoms with Crippen LogP contribution in [0.5, 0.6) is 0 Å². The molecule has 0 heterocycles. The van der Waals surface area contributed by atoms with Crippen LogP contribution in [0.25, 0.3) is 0 Å². The zero-order valence-electron chi connectivity index (χ0n) is 9.07. The molecule has 0 aromatic heterocycles. The van der Waals surface area contributed by atoms with Crippen molar-refractivity contribution < 1.29 is 14.4 Å². The van der Waals surface area contributed by atoms with Gasteiger partial charge < -0.3 is 9.57 Å². The van der Waals surface area contributed by atoms with Crippen molar-refractivity contribution >= 4 is 27.6 Å². The number of benzene rings is 1. The van der Waals surface area contributed by atoms with Crippen LogP contribution in [-0.2, 0) is 19.7 Å². The van der Waals surface area contributed by atoms with Crippen LogP contribution in [0.4, 0.5) is 0 Å². The van der Waals surface area contributed by atoms with Gasteiger partial charge in [0.2, 0.25) is 0 Å². The average molecular weight is 286 g/mol. The van der Waals surface area contributed by atoms with E-state index >= 15 is 0 Å². The maximum atomic E-state index is 11.4. The van der Waals surface area contributed by atoms with Crippen molar-refractivity contribution in [2.45, 2.75) is 5.33 Å². The van der Waals surface area contributed by atoms with E-state index in [-0.39, 0.29) is 5.71 Å². The normalized spacial score (nSPS) is 11.1. The number of oxime groups is 1. The van der Waals surface area contributed by atoms with Gasteiger partial charge in [0.15, 0.2) is 5.71 Å². The topological polar surface area (TPSA) is 47.9 Å². The van der Waals surface area contributed by atoms with Gasteiger partial charge in [0.1, 0.15) is 7.11 Å². The summed E-state index contributed by atoms with van der Waals surface area (Å²) in [5.41, 5.74) is 1.94. The third-order valence-corrected chi connectivity index (χ3v) is 2.59. The Kier molecular flexibility index (Phi) is 4.98. The highest BCUT2D eigenvalue weighted by molar-refractivity contribution is 9.08. The molecule has 1 rings (SSSR count). The van der Waals surface area contributed by atoms with Crippen LogP contribution in [-0.4, -0.2) is 25.9 Å². The fraction of sp³-hybridized carbons (Fsp3) is 0.273. The van der Waals surface area contributed by atoms with Crippen molar-refractivity contribution in [1.82, 2.24) is 0 Å². The summed E-state index contributed by atoms with van der Waals surface area (Å²) in [7, 11) is 2.69. The molecule has 16 heavy (non-hydrogen) atoms. The highest BCUT2D eigenvalue weighted by Gasteiger charge is 2.15. The summed E-state index contributed by atoms with van der Waals surface area (Å²) in [5.74, 6) is -0.520. The van der Waals surface area contributed by atoms with Crippen LogP contribution in [0.15, 0.2) is 29.4 Å². The Hall–Kier alpha value is -1.36. The second kappa shape index (κ2) is 6.27. The van der Waals surface area contributed by atoms with Crippen molar-refractivity contribution in [3.8, 4) is 0 Å². The summed E-state index contributed by atoms with van der Waals surface area (Å²) < 4.78 is 4.62. The van der Waals surface area contributed by atoms with E-state index in [0.717, 1.165) is 10.9 Å². The molecule has 0 spiro atoms. The Bertz CT molecular complexity index is 387. The Morgan fingerprint density at radius 3 is 2.38 bits per heavy atom. The van der Waals surface area contributed by atoms with Crippen molar-refractivity contribution in [1.29, 1.82) is 0 Å². The molecule has 1 aromatic rings. The van der Waals surface area contributed by atoms with E-state index in [1.54, 1.807) is 12.1 Å². The monoisotopic (exact) mass is 285 g/mol. The molecule has 0 saturated carbocycles. The molecular weight excluding hydrogens is 274 g/mol. The lowest BCUT2D eigenvalue weighted by molar-refractivity contribution is -0.132. The molecule has 0 bridgehead atoms. The number of carbonyl (C=O) groups excluding carboxylic acids is 1. The Morgan fingerprint density at radius 1 is 1.31 bits per heavy atom. The fourth-order valence-corrected chi connectivity index (χ4v) is 1.52. The Labute approximate surface area is 102 Å². The van der Waals surface area contributed by atoms with Crippen LogP contribution >= 0.6 is 15.9 Å². The van der Waals surface area contributed by atoms with Gasteiger partial charge in [0.25, 0.3) is 0 Å². The average Bonchev–Trinajstić information content (AvgIpc) is 2.35. The summed E-state index contributed by atoms with van der Waals surface area (Å²) in [4.78, 5) is 16.0. The molecule has 4 nitrogen and oxygen atoms in total. The SMILES string of the molecule is CO/N=C(/C(=O)OC)c1ccc(CBr)cc1. The van der Waals surface area contributed by atoms with E-state index < -0.39 is 5.97 Å². The molecule has 0 N–H and O–H groups in total. The Balaban J connectivity index is 3.02. The van der Waals surface area contributed by atoms with Crippen LogP contribution in [0, 0.1) is 0 Å². The molecular formula is C11H12BrNO3. The maximum Gasteiger partial charge on any atom is 0.360 e. The van der Waals surface area contributed by atoms with Gasteiger partial charge in [-0.05, 0) is 5.56 Å². The van der Waals surface area contributed by atoms with E-state index in [1.165, 1.54) is 14.2 Å². The number of carbonyl (C=O) groups is 1. The van der Waals surface area contributed by atoms with Gasteiger partial charge in [-0.25, -0.2) is 4.79 Å². The lowest BCUT2D eigenvalue weighted by Crippen LogP contribution is -2.17. The van der Waals surface area contributed by atoms with Gasteiger partial charge in [0.05, 0.1) is 7.11 Å². The van der Waals surface area contributed by atoms with Crippen LogP contribution in [0.1, 0.15) is 11.1 Å². The van der Waals surface area contributed by atoms with Crippen molar-refractivity contribution in [3.63, 3.8) is 0 Å². The second-order valence-electron chi connectivity index (χ2n) is 2.94. The highest BCUT2D eigenvalue weighted by atomic mass is 79.9. The summed E-state index contributed by atoms with van der Waals surface area (Å²) in [6.45, 7) is 0. The number of hydrogen-bond acceptors (Lipinski definition) is 4. The van der Waals surface area contributed by atoms with E-state index in [9.17, 15) is 4.79 Å². The molecule has 86 valence electrons. The van der Waals surface area contributed by atoms with E-state index in [1.807, 2.05) is 12.1 Å². The van der Waals surface area contributed by atoms with E-state index in [4.69, 9.17) is 0 Å². The summed E-state index contributed by atoms with van der Waals surface area (Å²) in [6.07, 6.45) is 0. The molecule has 5 heteroatoms. The predicted molar refractivity (Wildman–Crippen MR) is 64.6 cm³/mol. The van der Waals surface area contributed by atoms with Crippen molar-refractivity contribution in [2.75, 3.05) is 14.2 Å². The third kappa shape index (κ3) is 3.06. The van der Waals surface area contributed by atoms with E-state index in [0.29, 0.717) is 5.56 Å². The second-order valence-corrected chi connectivity index (χ2v) is 3.51. The first-order valence-corrected chi connectivity index (χ1v) is 5.69. The smallest absolute Gasteiger partial charge is 0.360 e. The molecule has 0 saturated heterocycles. The number of alkyl halides is 1. The lowest BCUT2D eigenvalue weighted by atomic mass is 10.1. The zero-order valence-corrected chi connectivity index (χ0v) is 10.7. The lowest BCUT2D eigenvalue weighted by Gasteiger charge is -2.04.